The number of esters is 1. The highest BCUT2D eigenvalue weighted by Gasteiger charge is 2.30. The number of aromatic nitrogens is 2. The van der Waals surface area contributed by atoms with Crippen LogP contribution in [0.25, 0.3) is 0 Å². The number of hydrogen-bond donors (Lipinski definition) is 1. The first kappa shape index (κ1) is 19.9. The van der Waals surface area contributed by atoms with E-state index in [4.69, 9.17) is 10.5 Å². The van der Waals surface area contributed by atoms with Crippen molar-refractivity contribution in [3.63, 3.8) is 0 Å². The predicted molar refractivity (Wildman–Crippen MR) is 106 cm³/mol. The van der Waals surface area contributed by atoms with E-state index in [9.17, 15) is 14.9 Å². The number of nitrogens with two attached hydrogens (primary N) is 1. The van der Waals surface area contributed by atoms with Crippen LogP contribution in [0.15, 0.2) is 30.5 Å². The lowest BCUT2D eigenvalue weighted by molar-refractivity contribution is 0.0601. The first-order chi connectivity index (χ1) is 13.5. The number of ether oxygens (including phenoxy) is 1. The molecule has 2 N–H and O–H groups in total. The molecule has 0 radical (unpaired) electrons. The minimum Gasteiger partial charge on any atom is -0.465 e. The standard InChI is InChI=1S/C19H20BrN5O3/c1-28-19(27)13-7-3-5-9-16(13)25(20)18-14(17(22)26)11-24(23-18)15-8-4-2-6-12(15)10-21/h3,5,7,9,11-12,15H,2,4,6,8H2,1H3,(H2,22,26). The molecule has 1 amide bonds. The van der Waals surface area contributed by atoms with Gasteiger partial charge in [-0.1, -0.05) is 25.0 Å². The van der Waals surface area contributed by atoms with Crippen LogP contribution in [0.5, 0.6) is 0 Å². The van der Waals surface area contributed by atoms with Crippen LogP contribution in [0.1, 0.15) is 52.4 Å². The second-order valence-corrected chi connectivity index (χ2v) is 7.30. The van der Waals surface area contributed by atoms with Gasteiger partial charge in [0.25, 0.3) is 5.91 Å². The number of carbonyl (C=O) groups is 2. The molecule has 2 aromatic rings. The Labute approximate surface area is 171 Å². The summed E-state index contributed by atoms with van der Waals surface area (Å²) in [6, 6.07) is 8.99. The molecule has 1 fully saturated rings. The molecule has 146 valence electrons. The Bertz CT molecular complexity index is 936. The molecule has 3 rings (SSSR count). The maximum Gasteiger partial charge on any atom is 0.340 e. The van der Waals surface area contributed by atoms with Crippen molar-refractivity contribution < 1.29 is 14.3 Å². The van der Waals surface area contributed by atoms with Gasteiger partial charge >= 0.3 is 5.97 Å². The number of halogens is 1. The molecule has 1 aromatic carbocycles. The minimum atomic E-state index is -0.648. The van der Waals surface area contributed by atoms with E-state index in [1.54, 1.807) is 35.1 Å². The zero-order chi connectivity index (χ0) is 20.3. The van der Waals surface area contributed by atoms with E-state index < -0.39 is 11.9 Å². The fraction of sp³-hybridized carbons (Fsp3) is 0.368. The van der Waals surface area contributed by atoms with Gasteiger partial charge in [0.1, 0.15) is 5.56 Å². The quantitative estimate of drug-likeness (QED) is 0.556. The summed E-state index contributed by atoms with van der Waals surface area (Å²) in [5.74, 6) is -1.08. The van der Waals surface area contributed by atoms with Gasteiger partial charge in [0, 0.05) is 6.20 Å². The highest BCUT2D eigenvalue weighted by atomic mass is 79.9. The molecule has 1 aliphatic rings. The highest BCUT2D eigenvalue weighted by Crippen LogP contribution is 2.37. The zero-order valence-corrected chi connectivity index (χ0v) is 16.9. The van der Waals surface area contributed by atoms with Crippen LogP contribution in [-0.2, 0) is 4.74 Å². The van der Waals surface area contributed by atoms with Crippen molar-refractivity contribution in [3.8, 4) is 6.07 Å². The smallest absolute Gasteiger partial charge is 0.340 e. The fourth-order valence-electron chi connectivity index (χ4n) is 3.49. The SMILES string of the molecule is COC(=O)c1ccccc1N(Br)c1nn(C2CCCCC2C#N)cc1C(N)=O. The summed E-state index contributed by atoms with van der Waals surface area (Å²) in [7, 11) is 1.30. The maximum absolute atomic E-state index is 12.1. The van der Waals surface area contributed by atoms with Crippen molar-refractivity contribution in [2.75, 3.05) is 11.0 Å². The van der Waals surface area contributed by atoms with Crippen molar-refractivity contribution in [1.29, 1.82) is 5.26 Å². The molecule has 0 aliphatic heterocycles. The minimum absolute atomic E-state index is 0.123. The van der Waals surface area contributed by atoms with E-state index in [1.165, 1.54) is 11.0 Å². The van der Waals surface area contributed by atoms with E-state index in [1.807, 2.05) is 0 Å². The Morgan fingerprint density at radius 1 is 1.32 bits per heavy atom. The third-order valence-corrected chi connectivity index (χ3v) is 5.64. The molecule has 0 bridgehead atoms. The van der Waals surface area contributed by atoms with Crippen molar-refractivity contribution in [1.82, 2.24) is 9.78 Å². The summed E-state index contributed by atoms with van der Waals surface area (Å²) < 4.78 is 7.94. The lowest BCUT2D eigenvalue weighted by Gasteiger charge is -2.27. The van der Waals surface area contributed by atoms with Gasteiger partial charge in [-0.3, -0.25) is 13.4 Å². The van der Waals surface area contributed by atoms with Crippen LogP contribution in [0.2, 0.25) is 0 Å². The summed E-state index contributed by atoms with van der Waals surface area (Å²) in [6.45, 7) is 0. The van der Waals surface area contributed by atoms with Crippen molar-refractivity contribution in [2.24, 2.45) is 11.7 Å². The molecular weight excluding hydrogens is 426 g/mol. The number of nitriles is 1. The summed E-state index contributed by atoms with van der Waals surface area (Å²) in [4.78, 5) is 24.1. The topological polar surface area (TPSA) is 114 Å². The van der Waals surface area contributed by atoms with Gasteiger partial charge < -0.3 is 10.5 Å². The van der Waals surface area contributed by atoms with E-state index in [0.29, 0.717) is 11.3 Å². The molecule has 1 heterocycles. The van der Waals surface area contributed by atoms with Gasteiger partial charge in [-0.25, -0.2) is 4.79 Å². The summed E-state index contributed by atoms with van der Waals surface area (Å²) in [6.07, 6.45) is 5.17. The summed E-state index contributed by atoms with van der Waals surface area (Å²) in [5.41, 5.74) is 6.53. The van der Waals surface area contributed by atoms with Gasteiger partial charge in [0.2, 0.25) is 0 Å². The third-order valence-electron chi connectivity index (χ3n) is 4.92. The molecule has 1 aliphatic carbocycles. The Hall–Kier alpha value is -2.86. The second-order valence-electron chi connectivity index (χ2n) is 6.59. The van der Waals surface area contributed by atoms with Gasteiger partial charge in [-0.05, 0) is 25.0 Å². The molecule has 0 spiro atoms. The van der Waals surface area contributed by atoms with E-state index >= 15 is 0 Å². The number of carbonyl (C=O) groups excluding carboxylic acids is 2. The molecule has 1 saturated carbocycles. The number of nitrogens with zero attached hydrogens (tertiary/aromatic N) is 4. The van der Waals surface area contributed by atoms with Crippen molar-refractivity contribution in [3.05, 3.63) is 41.6 Å². The summed E-state index contributed by atoms with van der Waals surface area (Å²) in [5, 5.41) is 14.0. The molecule has 2 atom stereocenters. The largest absolute Gasteiger partial charge is 0.465 e. The van der Waals surface area contributed by atoms with Crippen LogP contribution in [0, 0.1) is 17.2 Å². The lowest BCUT2D eigenvalue weighted by atomic mass is 9.85. The average molecular weight is 446 g/mol. The van der Waals surface area contributed by atoms with Crippen LogP contribution >= 0.6 is 16.1 Å². The van der Waals surface area contributed by atoms with Crippen molar-refractivity contribution in [2.45, 2.75) is 31.7 Å². The number of benzene rings is 1. The summed E-state index contributed by atoms with van der Waals surface area (Å²) >= 11 is 3.41. The van der Waals surface area contributed by atoms with Crippen LogP contribution in [-0.4, -0.2) is 28.8 Å². The van der Waals surface area contributed by atoms with E-state index in [0.717, 1.165) is 25.7 Å². The number of primary amides is 1. The number of anilines is 2. The number of amides is 1. The Morgan fingerprint density at radius 2 is 2.04 bits per heavy atom. The van der Waals surface area contributed by atoms with E-state index in [-0.39, 0.29) is 23.3 Å². The van der Waals surface area contributed by atoms with Gasteiger partial charge in [-0.2, -0.15) is 10.4 Å². The number of hydrogen-bond acceptors (Lipinski definition) is 6. The number of rotatable bonds is 5. The first-order valence-corrected chi connectivity index (χ1v) is 9.60. The van der Waals surface area contributed by atoms with Gasteiger partial charge in [0.05, 0.1) is 52.5 Å². The number of para-hydroxylation sites is 1. The molecule has 9 heteroatoms. The van der Waals surface area contributed by atoms with Gasteiger partial charge in [0.15, 0.2) is 5.82 Å². The molecular formula is C19H20BrN5O3. The zero-order valence-electron chi connectivity index (χ0n) is 15.3. The van der Waals surface area contributed by atoms with Crippen LogP contribution in [0.4, 0.5) is 11.5 Å². The fourth-order valence-corrected chi connectivity index (χ4v) is 4.06. The number of methoxy groups -OCH3 is 1. The lowest BCUT2D eigenvalue weighted by Crippen LogP contribution is -2.23. The predicted octanol–water partition coefficient (Wildman–Crippen LogP) is 3.47. The van der Waals surface area contributed by atoms with Crippen LogP contribution in [0.3, 0.4) is 0 Å². The van der Waals surface area contributed by atoms with Gasteiger partial charge in [-0.15, -0.1) is 0 Å². The van der Waals surface area contributed by atoms with E-state index in [2.05, 4.69) is 27.3 Å². The molecule has 8 nitrogen and oxygen atoms in total. The highest BCUT2D eigenvalue weighted by molar-refractivity contribution is 9.10. The maximum atomic E-state index is 12.1. The Morgan fingerprint density at radius 3 is 2.71 bits per heavy atom. The molecule has 1 aromatic heterocycles. The third kappa shape index (κ3) is 3.73. The Kier molecular flexibility index (Phi) is 5.99. The molecule has 0 saturated heterocycles. The average Bonchev–Trinajstić information content (AvgIpc) is 3.18. The molecule has 28 heavy (non-hydrogen) atoms. The Balaban J connectivity index is 2.05. The first-order valence-electron chi connectivity index (χ1n) is 8.89. The normalized spacial score (nSPS) is 18.9. The monoisotopic (exact) mass is 445 g/mol. The molecule has 2 unspecified atom stereocenters. The second kappa shape index (κ2) is 8.44. The van der Waals surface area contributed by atoms with Crippen LogP contribution < -0.4 is 9.66 Å². The van der Waals surface area contributed by atoms with Crippen molar-refractivity contribution >= 4 is 39.5 Å².